The van der Waals surface area contributed by atoms with Gasteiger partial charge in [0.25, 0.3) is 0 Å². The quantitative estimate of drug-likeness (QED) is 0.257. The Bertz CT molecular complexity index is 1300. The molecule has 204 valence electrons. The summed E-state index contributed by atoms with van der Waals surface area (Å²) < 4.78 is 17.2. The first-order valence-corrected chi connectivity index (χ1v) is 12.5. The van der Waals surface area contributed by atoms with Crippen LogP contribution in [-0.2, 0) is 15.9 Å². The minimum absolute atomic E-state index is 0.0165. The highest BCUT2D eigenvalue weighted by Crippen LogP contribution is 2.52. The lowest BCUT2D eigenvalue weighted by atomic mass is 9.72. The predicted molar refractivity (Wildman–Crippen MR) is 131 cm³/mol. The lowest BCUT2D eigenvalue weighted by Gasteiger charge is -2.42. The van der Waals surface area contributed by atoms with Crippen LogP contribution in [-0.4, -0.2) is 81.0 Å². The van der Waals surface area contributed by atoms with Crippen molar-refractivity contribution >= 4 is 11.6 Å². The maximum absolute atomic E-state index is 13.6. The SMILES string of the molecule is COc1cccc2c1C(=O)c1c(O)c3c(c(O)c1C2=O)C[C@](O)(CCO)C[C@@H]3O[C@H]1C[C@H](N)[C@H](O)[C@H](C)O1. The predicted octanol–water partition coefficient (Wildman–Crippen LogP) is 0.822. The molecule has 1 saturated heterocycles. The first-order valence-electron chi connectivity index (χ1n) is 12.5. The number of hydrogen-bond donors (Lipinski definition) is 6. The van der Waals surface area contributed by atoms with Crippen LogP contribution in [0.5, 0.6) is 17.2 Å². The van der Waals surface area contributed by atoms with Gasteiger partial charge < -0.3 is 45.5 Å². The fourth-order valence-corrected chi connectivity index (χ4v) is 5.86. The zero-order chi connectivity index (χ0) is 27.5. The molecule has 1 aliphatic heterocycles. The lowest BCUT2D eigenvalue weighted by Crippen LogP contribution is -2.52. The summed E-state index contributed by atoms with van der Waals surface area (Å²) in [5.41, 5.74) is 3.79. The molecule has 0 bridgehead atoms. The number of carbonyl (C=O) groups excluding carboxylic acids is 2. The third-order valence-electron chi connectivity index (χ3n) is 7.80. The lowest BCUT2D eigenvalue weighted by molar-refractivity contribution is -0.248. The summed E-state index contributed by atoms with van der Waals surface area (Å²) in [6.45, 7) is 1.26. The molecule has 1 fully saturated rings. The molecule has 2 aliphatic carbocycles. The number of ether oxygens (including phenoxy) is 3. The van der Waals surface area contributed by atoms with Crippen molar-refractivity contribution in [3.8, 4) is 17.2 Å². The average Bonchev–Trinajstić information content (AvgIpc) is 2.87. The first kappa shape index (κ1) is 26.5. The highest BCUT2D eigenvalue weighted by molar-refractivity contribution is 6.31. The van der Waals surface area contributed by atoms with Gasteiger partial charge in [-0.25, -0.2) is 0 Å². The second kappa shape index (κ2) is 9.60. The largest absolute Gasteiger partial charge is 0.507 e. The van der Waals surface area contributed by atoms with Crippen LogP contribution in [0.4, 0.5) is 0 Å². The molecule has 0 amide bonds. The zero-order valence-corrected chi connectivity index (χ0v) is 21.0. The van der Waals surface area contributed by atoms with Gasteiger partial charge in [-0.05, 0) is 19.4 Å². The van der Waals surface area contributed by atoms with Crippen molar-refractivity contribution in [2.45, 2.75) is 68.9 Å². The molecule has 7 N–H and O–H groups in total. The Hall–Kier alpha value is -3.06. The van der Waals surface area contributed by atoms with Crippen LogP contribution in [0.15, 0.2) is 18.2 Å². The summed E-state index contributed by atoms with van der Waals surface area (Å²) >= 11 is 0. The second-order valence-corrected chi connectivity index (χ2v) is 10.2. The molecule has 38 heavy (non-hydrogen) atoms. The van der Waals surface area contributed by atoms with E-state index in [1.54, 1.807) is 13.0 Å². The number of aromatic hydroxyl groups is 2. The van der Waals surface area contributed by atoms with Crippen molar-refractivity contribution in [1.82, 2.24) is 0 Å². The molecular weight excluding hydrogens is 498 g/mol. The van der Waals surface area contributed by atoms with E-state index in [2.05, 4.69) is 0 Å². The van der Waals surface area contributed by atoms with E-state index < -0.39 is 59.3 Å². The van der Waals surface area contributed by atoms with Crippen molar-refractivity contribution in [3.63, 3.8) is 0 Å². The van der Waals surface area contributed by atoms with Gasteiger partial charge in [-0.1, -0.05) is 12.1 Å². The number of phenolic OH excluding ortho intramolecular Hbond substituents is 2. The van der Waals surface area contributed by atoms with E-state index in [4.69, 9.17) is 19.9 Å². The molecule has 0 aromatic heterocycles. The number of rotatable bonds is 5. The molecule has 2 aromatic carbocycles. The van der Waals surface area contributed by atoms with Gasteiger partial charge in [-0.2, -0.15) is 0 Å². The second-order valence-electron chi connectivity index (χ2n) is 10.2. The monoisotopic (exact) mass is 529 g/mol. The number of ketones is 2. The number of methoxy groups -OCH3 is 1. The van der Waals surface area contributed by atoms with Crippen LogP contribution >= 0.6 is 0 Å². The molecule has 11 heteroatoms. The maximum atomic E-state index is 13.6. The third-order valence-corrected chi connectivity index (χ3v) is 7.80. The van der Waals surface area contributed by atoms with Crippen LogP contribution in [0.25, 0.3) is 0 Å². The highest BCUT2D eigenvalue weighted by Gasteiger charge is 2.47. The molecule has 11 nitrogen and oxygen atoms in total. The van der Waals surface area contributed by atoms with E-state index in [0.717, 1.165) is 0 Å². The molecule has 5 rings (SSSR count). The molecule has 2 aromatic rings. The number of aliphatic hydroxyl groups excluding tert-OH is 2. The summed E-state index contributed by atoms with van der Waals surface area (Å²) in [4.78, 5) is 27.1. The molecule has 0 spiro atoms. The summed E-state index contributed by atoms with van der Waals surface area (Å²) in [5.74, 6) is -2.33. The minimum Gasteiger partial charge on any atom is -0.507 e. The molecule has 3 aliphatic rings. The third kappa shape index (κ3) is 4.06. The van der Waals surface area contributed by atoms with Gasteiger partial charge in [-0.3, -0.25) is 9.59 Å². The van der Waals surface area contributed by atoms with Crippen LogP contribution < -0.4 is 10.5 Å². The van der Waals surface area contributed by atoms with Gasteiger partial charge >= 0.3 is 0 Å². The van der Waals surface area contributed by atoms with E-state index in [0.29, 0.717) is 0 Å². The first-order chi connectivity index (χ1) is 18.0. The Kier molecular flexibility index (Phi) is 6.70. The number of hydrogen-bond acceptors (Lipinski definition) is 11. The van der Waals surface area contributed by atoms with Gasteiger partial charge in [0.05, 0.1) is 47.7 Å². The fourth-order valence-electron chi connectivity index (χ4n) is 5.86. The Morgan fingerprint density at radius 3 is 2.50 bits per heavy atom. The number of fused-ring (bicyclic) bond motifs is 3. The van der Waals surface area contributed by atoms with E-state index in [1.807, 2.05) is 0 Å². The topological polar surface area (TPSA) is 189 Å². The van der Waals surface area contributed by atoms with Gasteiger partial charge in [0.15, 0.2) is 12.1 Å². The molecule has 6 atom stereocenters. The fraction of sp³-hybridized carbons (Fsp3) is 0.481. The Labute approximate surface area is 218 Å². The molecule has 0 unspecified atom stereocenters. The van der Waals surface area contributed by atoms with Crippen molar-refractivity contribution in [2.75, 3.05) is 13.7 Å². The zero-order valence-electron chi connectivity index (χ0n) is 21.0. The number of aliphatic hydroxyl groups is 3. The Morgan fingerprint density at radius 2 is 1.84 bits per heavy atom. The summed E-state index contributed by atoms with van der Waals surface area (Å²) in [6, 6.07) is 3.84. The van der Waals surface area contributed by atoms with Crippen LogP contribution in [0.2, 0.25) is 0 Å². The van der Waals surface area contributed by atoms with Crippen LogP contribution in [0.1, 0.15) is 75.3 Å². The molecular formula is C27H31NO10. The molecule has 0 saturated carbocycles. The van der Waals surface area contributed by atoms with Crippen LogP contribution in [0.3, 0.4) is 0 Å². The van der Waals surface area contributed by atoms with E-state index in [-0.39, 0.29) is 71.4 Å². The average molecular weight is 530 g/mol. The number of benzene rings is 2. The summed E-state index contributed by atoms with van der Waals surface area (Å²) in [6.07, 6.45) is -3.89. The van der Waals surface area contributed by atoms with Gasteiger partial charge in [0.2, 0.25) is 5.78 Å². The van der Waals surface area contributed by atoms with Gasteiger partial charge in [0.1, 0.15) is 17.2 Å². The van der Waals surface area contributed by atoms with Crippen molar-refractivity contribution in [1.29, 1.82) is 0 Å². The van der Waals surface area contributed by atoms with Gasteiger partial charge in [-0.15, -0.1) is 0 Å². The number of carbonyl (C=O) groups is 2. The van der Waals surface area contributed by atoms with Crippen molar-refractivity contribution in [2.24, 2.45) is 5.73 Å². The Balaban J connectivity index is 1.66. The highest BCUT2D eigenvalue weighted by atomic mass is 16.7. The van der Waals surface area contributed by atoms with Crippen LogP contribution in [0, 0.1) is 0 Å². The van der Waals surface area contributed by atoms with E-state index in [1.165, 1.54) is 19.2 Å². The molecule has 1 heterocycles. The van der Waals surface area contributed by atoms with Gasteiger partial charge in [0, 0.05) is 48.6 Å². The smallest absolute Gasteiger partial charge is 0.202 e. The molecule has 0 radical (unpaired) electrons. The summed E-state index contributed by atoms with van der Waals surface area (Å²) in [7, 11) is 1.35. The van der Waals surface area contributed by atoms with Crippen molar-refractivity contribution in [3.05, 3.63) is 51.6 Å². The number of nitrogens with two attached hydrogens (primary N) is 1. The standard InChI is InChI=1S/C27H31NO10/c1-11-22(30)14(28)8-17(37-11)38-16-10-27(35,6-7-29)9-13-19(16)26(34)21-20(24(13)32)23(31)12-4-3-5-15(36-2)18(12)25(21)33/h3-5,11,14,16-17,22,29-30,32,34-35H,6-10,28H2,1-2H3/t11-,14-,16-,17-,22+,27+/m0/s1. The number of phenols is 2. The van der Waals surface area contributed by atoms with Crippen molar-refractivity contribution < 1.29 is 49.3 Å². The normalized spacial score (nSPS) is 30.4. The minimum atomic E-state index is -1.56. The Morgan fingerprint density at radius 1 is 1.13 bits per heavy atom. The summed E-state index contributed by atoms with van der Waals surface area (Å²) in [5, 5.41) is 53.9. The maximum Gasteiger partial charge on any atom is 0.202 e. The van der Waals surface area contributed by atoms with E-state index >= 15 is 0 Å². The van der Waals surface area contributed by atoms with E-state index in [9.17, 15) is 35.1 Å².